The first-order valence-corrected chi connectivity index (χ1v) is 10.1. The predicted octanol–water partition coefficient (Wildman–Crippen LogP) is -0.868. The Labute approximate surface area is 222 Å². The van der Waals surface area contributed by atoms with E-state index in [1.807, 2.05) is 0 Å². The Morgan fingerprint density at radius 3 is 1.59 bits per heavy atom. The number of ether oxygens (including phenoxy) is 5. The van der Waals surface area contributed by atoms with Gasteiger partial charge in [0.2, 0.25) is 0 Å². The summed E-state index contributed by atoms with van der Waals surface area (Å²) in [6, 6.07) is 0. The van der Waals surface area contributed by atoms with Crippen LogP contribution < -0.4 is 0 Å². The number of aliphatic hydroxyl groups is 3. The number of carboxylic acids is 1. The molecule has 0 heterocycles. The van der Waals surface area contributed by atoms with Gasteiger partial charge in [-0.15, -0.1) is 0 Å². The maximum atomic E-state index is 11.8. The van der Waals surface area contributed by atoms with Crippen LogP contribution in [0.2, 0.25) is 0 Å². The molecule has 14 heteroatoms. The fraction of sp³-hybridized carbons (Fsp3) is 0.800. The largest absolute Gasteiger partial charge is 0.481 e. The molecule has 0 amide bonds. The van der Waals surface area contributed by atoms with Crippen molar-refractivity contribution in [1.82, 2.24) is 0 Å². The molecule has 34 heavy (non-hydrogen) atoms. The summed E-state index contributed by atoms with van der Waals surface area (Å²) in [6.07, 6.45) is -1.17. The molecule has 0 fully saturated rings. The number of carboxylic acid groups (broad SMARTS) is 1. The van der Waals surface area contributed by atoms with E-state index in [1.54, 1.807) is 6.92 Å². The Morgan fingerprint density at radius 1 is 0.765 bits per heavy atom. The predicted molar refractivity (Wildman–Crippen MR) is 109 cm³/mol. The maximum Gasteiger partial charge on any atom is 0.317 e. The SMILES string of the molecule is CCC(C)(CO)OC(=O)CC(=O)OCC(C)(O)COCOCC(C)(O)COC(=O)CC(=O)O.[Y]. The fourth-order valence-electron chi connectivity index (χ4n) is 2.01. The number of esters is 3. The van der Waals surface area contributed by atoms with E-state index in [-0.39, 0.29) is 52.7 Å². The van der Waals surface area contributed by atoms with Crippen molar-refractivity contribution in [2.75, 3.05) is 39.8 Å². The summed E-state index contributed by atoms with van der Waals surface area (Å²) in [7, 11) is 0. The summed E-state index contributed by atoms with van der Waals surface area (Å²) >= 11 is 0. The minimum atomic E-state index is -1.61. The molecule has 195 valence electrons. The summed E-state index contributed by atoms with van der Waals surface area (Å²) in [4.78, 5) is 45.1. The number of carbonyl (C=O) groups is 4. The van der Waals surface area contributed by atoms with Gasteiger partial charge in [-0.2, -0.15) is 0 Å². The molecule has 4 N–H and O–H groups in total. The molecule has 3 unspecified atom stereocenters. The van der Waals surface area contributed by atoms with Crippen molar-refractivity contribution in [1.29, 1.82) is 0 Å². The number of carbonyl (C=O) groups excluding carboxylic acids is 3. The van der Waals surface area contributed by atoms with Gasteiger partial charge >= 0.3 is 23.9 Å². The summed E-state index contributed by atoms with van der Waals surface area (Å²) < 4.78 is 24.7. The van der Waals surface area contributed by atoms with Gasteiger partial charge in [-0.1, -0.05) is 6.92 Å². The monoisotopic (exact) mass is 571 g/mol. The van der Waals surface area contributed by atoms with Gasteiger partial charge in [0.15, 0.2) is 0 Å². The first-order chi connectivity index (χ1) is 15.1. The topological polar surface area (TPSA) is 195 Å². The van der Waals surface area contributed by atoms with Gasteiger partial charge in [-0.25, -0.2) is 0 Å². The standard InChI is InChI=1S/C20H34O13.Y/c1-5-20(4,8-21)33-17(26)7-16(25)32-12-19(3,28)10-30-13-29-9-18(2,27)11-31-15(24)6-14(22)23;/h21,27-28H,5-13H2,1-4H3,(H,22,23);. The molecule has 1 radical (unpaired) electrons. The second kappa shape index (κ2) is 16.5. The van der Waals surface area contributed by atoms with Crippen molar-refractivity contribution in [3.8, 4) is 0 Å². The molecule has 0 aliphatic carbocycles. The van der Waals surface area contributed by atoms with Crippen molar-refractivity contribution in [2.45, 2.75) is 63.8 Å². The first-order valence-electron chi connectivity index (χ1n) is 10.1. The average molecular weight is 571 g/mol. The van der Waals surface area contributed by atoms with Crippen LogP contribution in [0, 0.1) is 0 Å². The summed E-state index contributed by atoms with van der Waals surface area (Å²) in [5.41, 5.74) is -4.31. The number of hydrogen-bond acceptors (Lipinski definition) is 12. The summed E-state index contributed by atoms with van der Waals surface area (Å²) in [5.74, 6) is -4.17. The molecule has 0 spiro atoms. The second-order valence-electron chi connectivity index (χ2n) is 8.31. The molecule has 0 saturated carbocycles. The zero-order chi connectivity index (χ0) is 25.7. The first kappa shape index (κ1) is 34.9. The van der Waals surface area contributed by atoms with Crippen LogP contribution in [0.3, 0.4) is 0 Å². The molecule has 0 bridgehead atoms. The molecule has 0 aromatic heterocycles. The molecule has 0 saturated heterocycles. The third-order valence-electron chi connectivity index (χ3n) is 4.11. The third-order valence-corrected chi connectivity index (χ3v) is 4.11. The minimum Gasteiger partial charge on any atom is -0.481 e. The van der Waals surface area contributed by atoms with Crippen LogP contribution in [0.25, 0.3) is 0 Å². The van der Waals surface area contributed by atoms with Crippen molar-refractivity contribution in [3.63, 3.8) is 0 Å². The normalized spacial score (nSPS) is 16.1. The van der Waals surface area contributed by atoms with Crippen LogP contribution in [0.5, 0.6) is 0 Å². The van der Waals surface area contributed by atoms with Gasteiger partial charge < -0.3 is 44.1 Å². The van der Waals surface area contributed by atoms with Gasteiger partial charge in [0.05, 0.1) is 19.8 Å². The molecular formula is C20H34O13Y. The Balaban J connectivity index is 0. The number of aliphatic hydroxyl groups excluding tert-OH is 1. The smallest absolute Gasteiger partial charge is 0.317 e. The molecule has 0 aromatic rings. The van der Waals surface area contributed by atoms with E-state index < -0.39 is 73.3 Å². The summed E-state index contributed by atoms with van der Waals surface area (Å²) in [5, 5.41) is 37.9. The van der Waals surface area contributed by atoms with E-state index >= 15 is 0 Å². The zero-order valence-corrected chi connectivity index (χ0v) is 22.7. The Hall–Kier alpha value is -1.22. The van der Waals surface area contributed by atoms with E-state index in [4.69, 9.17) is 24.1 Å². The molecule has 3 atom stereocenters. The molecule has 0 aromatic carbocycles. The van der Waals surface area contributed by atoms with Crippen LogP contribution in [-0.4, -0.2) is 101 Å². The van der Waals surface area contributed by atoms with Crippen LogP contribution >= 0.6 is 0 Å². The van der Waals surface area contributed by atoms with E-state index in [0.29, 0.717) is 6.42 Å². The van der Waals surface area contributed by atoms with Gasteiger partial charge in [0, 0.05) is 32.7 Å². The van der Waals surface area contributed by atoms with Gasteiger partial charge in [-0.3, -0.25) is 19.2 Å². The maximum absolute atomic E-state index is 11.8. The van der Waals surface area contributed by atoms with Crippen LogP contribution in [0.4, 0.5) is 0 Å². The molecular weight excluding hydrogens is 537 g/mol. The minimum absolute atomic E-state index is 0. The van der Waals surface area contributed by atoms with Crippen LogP contribution in [0.15, 0.2) is 0 Å². The third kappa shape index (κ3) is 17.3. The Kier molecular flexibility index (Phi) is 16.9. The number of hydrogen-bond donors (Lipinski definition) is 4. The molecule has 0 rings (SSSR count). The zero-order valence-electron chi connectivity index (χ0n) is 19.9. The van der Waals surface area contributed by atoms with Crippen molar-refractivity contribution in [2.24, 2.45) is 0 Å². The Bertz CT molecular complexity index is 659. The summed E-state index contributed by atoms with van der Waals surface area (Å²) in [6.45, 7) is 3.45. The van der Waals surface area contributed by atoms with E-state index in [9.17, 15) is 34.5 Å². The van der Waals surface area contributed by atoms with Crippen LogP contribution in [0.1, 0.15) is 47.0 Å². The van der Waals surface area contributed by atoms with E-state index in [1.165, 1.54) is 20.8 Å². The average Bonchev–Trinajstić information content (AvgIpc) is 2.70. The van der Waals surface area contributed by atoms with Crippen LogP contribution in [-0.2, 0) is 75.6 Å². The quantitative estimate of drug-likeness (QED) is 0.0554. The molecule has 0 aliphatic rings. The molecule has 13 nitrogen and oxygen atoms in total. The van der Waals surface area contributed by atoms with Crippen molar-refractivity contribution in [3.05, 3.63) is 0 Å². The van der Waals surface area contributed by atoms with Crippen molar-refractivity contribution >= 4 is 23.9 Å². The molecule has 0 aliphatic heterocycles. The van der Waals surface area contributed by atoms with Gasteiger partial charge in [0.1, 0.15) is 49.7 Å². The van der Waals surface area contributed by atoms with Gasteiger partial charge in [0.25, 0.3) is 0 Å². The number of rotatable bonds is 17. The fourth-order valence-corrected chi connectivity index (χ4v) is 2.01. The Morgan fingerprint density at radius 2 is 1.21 bits per heavy atom. The number of aliphatic carboxylic acids is 1. The van der Waals surface area contributed by atoms with E-state index in [0.717, 1.165) is 0 Å². The van der Waals surface area contributed by atoms with E-state index in [2.05, 4.69) is 4.74 Å². The second-order valence-corrected chi connectivity index (χ2v) is 8.31. The van der Waals surface area contributed by atoms with Crippen molar-refractivity contribution < 1.29 is 96.0 Å². The van der Waals surface area contributed by atoms with Gasteiger partial charge in [-0.05, 0) is 27.2 Å².